The maximum Gasteiger partial charge on any atom is 0.244 e. The Balaban J connectivity index is 2.20. The van der Waals surface area contributed by atoms with Gasteiger partial charge in [-0.25, -0.2) is 4.39 Å². The van der Waals surface area contributed by atoms with Gasteiger partial charge in [-0.05, 0) is 30.9 Å². The molecule has 3 N–H and O–H groups in total. The molecule has 0 spiro atoms. The third-order valence-electron chi connectivity index (χ3n) is 3.73. The monoisotopic (exact) mass is 318 g/mol. The molecule has 1 fully saturated rings. The van der Waals surface area contributed by atoms with Crippen molar-refractivity contribution >= 4 is 34.8 Å². The van der Waals surface area contributed by atoms with Gasteiger partial charge in [0.15, 0.2) is 0 Å². The Morgan fingerprint density at radius 3 is 2.60 bits per heavy atom. The number of hydrogen-bond acceptors (Lipinski definition) is 2. The molecule has 1 aliphatic carbocycles. The SMILES string of the molecule is CC1CCCC(N)(C(=O)Nc2c(Cl)cc(F)cc2Cl)C1. The number of nitrogens with two attached hydrogens (primary N) is 1. The van der Waals surface area contributed by atoms with Gasteiger partial charge >= 0.3 is 0 Å². The first kappa shape index (κ1) is 15.5. The fraction of sp³-hybridized carbons (Fsp3) is 0.500. The molecule has 0 bridgehead atoms. The van der Waals surface area contributed by atoms with Gasteiger partial charge in [-0.2, -0.15) is 0 Å². The smallest absolute Gasteiger partial charge is 0.244 e. The third kappa shape index (κ3) is 3.25. The maximum atomic E-state index is 13.1. The van der Waals surface area contributed by atoms with Crippen LogP contribution >= 0.6 is 23.2 Å². The number of anilines is 1. The second-order valence-corrected chi connectivity index (χ2v) is 6.37. The van der Waals surface area contributed by atoms with E-state index in [9.17, 15) is 9.18 Å². The summed E-state index contributed by atoms with van der Waals surface area (Å²) in [6, 6.07) is 2.21. The van der Waals surface area contributed by atoms with Crippen molar-refractivity contribution in [2.24, 2.45) is 11.7 Å². The van der Waals surface area contributed by atoms with Crippen LogP contribution in [0.25, 0.3) is 0 Å². The van der Waals surface area contributed by atoms with Gasteiger partial charge in [-0.1, -0.05) is 43.0 Å². The van der Waals surface area contributed by atoms with Crippen molar-refractivity contribution in [3.8, 4) is 0 Å². The minimum absolute atomic E-state index is 0.0656. The van der Waals surface area contributed by atoms with E-state index in [1.807, 2.05) is 0 Å². The van der Waals surface area contributed by atoms with Crippen LogP contribution in [0.2, 0.25) is 10.0 Å². The summed E-state index contributed by atoms with van der Waals surface area (Å²) in [5, 5.41) is 2.77. The van der Waals surface area contributed by atoms with Crippen LogP contribution in [0.1, 0.15) is 32.6 Å². The summed E-state index contributed by atoms with van der Waals surface area (Å²) >= 11 is 11.8. The minimum atomic E-state index is -0.918. The van der Waals surface area contributed by atoms with Crippen molar-refractivity contribution in [2.45, 2.75) is 38.1 Å². The largest absolute Gasteiger partial charge is 0.322 e. The summed E-state index contributed by atoms with van der Waals surface area (Å²) in [6.45, 7) is 2.08. The highest BCUT2D eigenvalue weighted by Crippen LogP contribution is 2.35. The molecule has 3 nitrogen and oxygen atoms in total. The van der Waals surface area contributed by atoms with Crippen molar-refractivity contribution in [3.63, 3.8) is 0 Å². The van der Waals surface area contributed by atoms with Gasteiger partial charge in [0.2, 0.25) is 5.91 Å². The Morgan fingerprint density at radius 1 is 1.45 bits per heavy atom. The lowest BCUT2D eigenvalue weighted by atomic mass is 9.76. The number of benzene rings is 1. The van der Waals surface area contributed by atoms with Crippen LogP contribution in [-0.2, 0) is 4.79 Å². The van der Waals surface area contributed by atoms with Crippen LogP contribution in [0.4, 0.5) is 10.1 Å². The highest BCUT2D eigenvalue weighted by Gasteiger charge is 2.38. The molecule has 6 heteroatoms. The molecule has 1 aliphatic rings. The first-order valence-corrected chi connectivity index (χ1v) is 7.32. The van der Waals surface area contributed by atoms with Crippen LogP contribution in [0, 0.1) is 11.7 Å². The molecule has 2 rings (SSSR count). The number of rotatable bonds is 2. The van der Waals surface area contributed by atoms with E-state index in [0.717, 1.165) is 25.0 Å². The lowest BCUT2D eigenvalue weighted by Gasteiger charge is -2.35. The molecule has 20 heavy (non-hydrogen) atoms. The van der Waals surface area contributed by atoms with Gasteiger partial charge in [0.05, 0.1) is 21.3 Å². The Morgan fingerprint density at radius 2 is 2.05 bits per heavy atom. The molecule has 1 aromatic carbocycles. The Bertz CT molecular complexity index is 515. The lowest BCUT2D eigenvalue weighted by Crippen LogP contribution is -2.53. The predicted octanol–water partition coefficient (Wildman–Crippen LogP) is 3.98. The minimum Gasteiger partial charge on any atom is -0.322 e. The molecule has 2 atom stereocenters. The van der Waals surface area contributed by atoms with E-state index in [2.05, 4.69) is 12.2 Å². The third-order valence-corrected chi connectivity index (χ3v) is 4.33. The van der Waals surface area contributed by atoms with Crippen LogP contribution in [0.15, 0.2) is 12.1 Å². The van der Waals surface area contributed by atoms with E-state index in [-0.39, 0.29) is 21.6 Å². The van der Waals surface area contributed by atoms with E-state index < -0.39 is 11.4 Å². The summed E-state index contributed by atoms with van der Waals surface area (Å²) in [6.07, 6.45) is 3.23. The molecular weight excluding hydrogens is 302 g/mol. The summed E-state index contributed by atoms with van der Waals surface area (Å²) < 4.78 is 13.1. The van der Waals surface area contributed by atoms with Crippen molar-refractivity contribution < 1.29 is 9.18 Å². The van der Waals surface area contributed by atoms with Gasteiger partial charge in [0.25, 0.3) is 0 Å². The number of carbonyl (C=O) groups is 1. The number of hydrogen-bond donors (Lipinski definition) is 2. The van der Waals surface area contributed by atoms with Crippen LogP contribution in [-0.4, -0.2) is 11.4 Å². The zero-order valence-corrected chi connectivity index (χ0v) is 12.7. The number of amides is 1. The average molecular weight is 319 g/mol. The second kappa shape index (κ2) is 5.88. The predicted molar refractivity (Wildman–Crippen MR) is 79.6 cm³/mol. The first-order valence-electron chi connectivity index (χ1n) is 6.57. The highest BCUT2D eigenvalue weighted by molar-refractivity contribution is 6.39. The topological polar surface area (TPSA) is 55.1 Å². The van der Waals surface area contributed by atoms with E-state index in [0.29, 0.717) is 18.8 Å². The van der Waals surface area contributed by atoms with Crippen LogP contribution in [0.3, 0.4) is 0 Å². The average Bonchev–Trinajstić information content (AvgIpc) is 2.33. The zero-order valence-electron chi connectivity index (χ0n) is 11.2. The summed E-state index contributed by atoms with van der Waals surface area (Å²) in [5.41, 5.74) is 5.49. The molecule has 0 aromatic heterocycles. The van der Waals surface area contributed by atoms with E-state index in [1.165, 1.54) is 0 Å². The quantitative estimate of drug-likeness (QED) is 0.866. The molecular formula is C14H17Cl2FN2O. The van der Waals surface area contributed by atoms with Crippen LogP contribution < -0.4 is 11.1 Å². The fourth-order valence-electron chi connectivity index (χ4n) is 2.70. The normalized spacial score (nSPS) is 26.4. The number of nitrogens with one attached hydrogen (secondary N) is 1. The van der Waals surface area contributed by atoms with Gasteiger partial charge in [-0.3, -0.25) is 4.79 Å². The van der Waals surface area contributed by atoms with E-state index in [4.69, 9.17) is 28.9 Å². The Hall–Kier alpha value is -0.840. The van der Waals surface area contributed by atoms with Crippen molar-refractivity contribution in [2.75, 3.05) is 5.32 Å². The van der Waals surface area contributed by atoms with Crippen molar-refractivity contribution in [1.82, 2.24) is 0 Å². The molecule has 1 aromatic rings. The lowest BCUT2D eigenvalue weighted by molar-refractivity contribution is -0.122. The maximum absolute atomic E-state index is 13.1. The molecule has 1 amide bonds. The Kier molecular flexibility index (Phi) is 4.57. The summed E-state index contributed by atoms with van der Waals surface area (Å²) in [7, 11) is 0. The van der Waals surface area contributed by atoms with Gasteiger partial charge in [0.1, 0.15) is 5.82 Å². The van der Waals surface area contributed by atoms with Gasteiger partial charge in [0, 0.05) is 0 Å². The van der Waals surface area contributed by atoms with Crippen molar-refractivity contribution in [1.29, 1.82) is 0 Å². The highest BCUT2D eigenvalue weighted by atomic mass is 35.5. The standard InChI is InChI=1S/C14H17Cl2FN2O/c1-8-3-2-4-14(18,7-8)13(20)19-12-10(15)5-9(17)6-11(12)16/h5-6,8H,2-4,7,18H2,1H3,(H,19,20). The van der Waals surface area contributed by atoms with Gasteiger partial charge in [-0.15, -0.1) is 0 Å². The van der Waals surface area contributed by atoms with Crippen molar-refractivity contribution in [3.05, 3.63) is 28.0 Å². The first-order chi connectivity index (χ1) is 9.32. The summed E-state index contributed by atoms with van der Waals surface area (Å²) in [5.74, 6) is -0.468. The van der Waals surface area contributed by atoms with Gasteiger partial charge < -0.3 is 11.1 Å². The molecule has 0 aliphatic heterocycles. The van der Waals surface area contributed by atoms with E-state index >= 15 is 0 Å². The number of carbonyl (C=O) groups excluding carboxylic acids is 1. The molecule has 0 saturated heterocycles. The molecule has 0 heterocycles. The Labute approximate surface area is 127 Å². The van der Waals surface area contributed by atoms with E-state index in [1.54, 1.807) is 0 Å². The fourth-order valence-corrected chi connectivity index (χ4v) is 3.25. The zero-order chi connectivity index (χ0) is 14.9. The summed E-state index contributed by atoms with van der Waals surface area (Å²) in [4.78, 5) is 12.4. The molecule has 2 unspecified atom stereocenters. The number of halogens is 3. The molecule has 0 radical (unpaired) electrons. The second-order valence-electron chi connectivity index (χ2n) is 5.56. The molecule has 110 valence electrons. The molecule has 1 saturated carbocycles. The van der Waals surface area contributed by atoms with Crippen LogP contribution in [0.5, 0.6) is 0 Å².